The summed E-state index contributed by atoms with van der Waals surface area (Å²) < 4.78 is 0. The van der Waals surface area contributed by atoms with Gasteiger partial charge in [-0.1, -0.05) is 12.8 Å². The third-order valence-corrected chi connectivity index (χ3v) is 3.91. The van der Waals surface area contributed by atoms with Crippen LogP contribution < -0.4 is 5.73 Å². The topological polar surface area (TPSA) is 43.1 Å². The fourth-order valence-electron chi connectivity index (χ4n) is 2.03. The van der Waals surface area contributed by atoms with Crippen molar-refractivity contribution in [1.29, 1.82) is 0 Å². The summed E-state index contributed by atoms with van der Waals surface area (Å²) in [7, 11) is 0. The number of hydrogen-bond donors (Lipinski definition) is 1. The van der Waals surface area contributed by atoms with Crippen molar-refractivity contribution in [3.63, 3.8) is 0 Å². The summed E-state index contributed by atoms with van der Waals surface area (Å²) in [6.45, 7) is 2.01. The molecule has 0 atom stereocenters. The first kappa shape index (κ1) is 9.87. The van der Waals surface area contributed by atoms with Gasteiger partial charge in [0.25, 0.3) is 0 Å². The molecule has 2 nitrogen and oxygen atoms in total. The second-order valence-electron chi connectivity index (χ2n) is 4.10. The van der Waals surface area contributed by atoms with Crippen molar-refractivity contribution >= 4 is 17.1 Å². The van der Waals surface area contributed by atoms with Crippen LogP contribution in [-0.4, -0.2) is 11.3 Å². The van der Waals surface area contributed by atoms with Crippen LogP contribution in [0.2, 0.25) is 0 Å². The Morgan fingerprint density at radius 2 is 2.07 bits per heavy atom. The Morgan fingerprint density at radius 1 is 1.43 bits per heavy atom. The maximum absolute atomic E-state index is 12.1. The highest BCUT2D eigenvalue weighted by Crippen LogP contribution is 2.32. The number of carbonyl (C=O) groups is 1. The molecule has 0 radical (unpaired) electrons. The van der Waals surface area contributed by atoms with Crippen LogP contribution in [0, 0.1) is 6.92 Å². The Hall–Kier alpha value is -0.670. The van der Waals surface area contributed by atoms with Gasteiger partial charge in [0.05, 0.1) is 10.4 Å². The zero-order chi connectivity index (χ0) is 10.2. The van der Waals surface area contributed by atoms with E-state index in [9.17, 15) is 4.79 Å². The normalized spacial score (nSPS) is 19.9. The predicted molar refractivity (Wildman–Crippen MR) is 58.8 cm³/mol. The van der Waals surface area contributed by atoms with Gasteiger partial charge in [0, 0.05) is 4.88 Å². The number of rotatable bonds is 2. The number of thiophene rings is 1. The standard InChI is InChI=1S/C11H15NOS/c1-8-4-5-9(14-8)10(13)11(12)6-2-3-7-11/h4-5H,2-3,6-7,12H2,1H3. The van der Waals surface area contributed by atoms with E-state index in [1.54, 1.807) is 11.3 Å². The van der Waals surface area contributed by atoms with E-state index < -0.39 is 5.54 Å². The molecule has 2 rings (SSSR count). The van der Waals surface area contributed by atoms with Gasteiger partial charge in [-0.05, 0) is 31.9 Å². The Morgan fingerprint density at radius 3 is 2.57 bits per heavy atom. The van der Waals surface area contributed by atoms with Crippen molar-refractivity contribution < 1.29 is 4.79 Å². The second-order valence-corrected chi connectivity index (χ2v) is 5.39. The lowest BCUT2D eigenvalue weighted by atomic mass is 9.92. The zero-order valence-corrected chi connectivity index (χ0v) is 9.19. The molecule has 0 amide bonds. The van der Waals surface area contributed by atoms with Gasteiger partial charge in [-0.3, -0.25) is 4.79 Å². The highest BCUT2D eigenvalue weighted by atomic mass is 32.1. The largest absolute Gasteiger partial charge is 0.319 e. The van der Waals surface area contributed by atoms with Crippen LogP contribution in [-0.2, 0) is 0 Å². The van der Waals surface area contributed by atoms with Gasteiger partial charge in [-0.2, -0.15) is 0 Å². The predicted octanol–water partition coefficient (Wildman–Crippen LogP) is 2.51. The molecule has 1 aromatic rings. The summed E-state index contributed by atoms with van der Waals surface area (Å²) in [6.07, 6.45) is 3.88. The monoisotopic (exact) mass is 209 g/mol. The van der Waals surface area contributed by atoms with Crippen molar-refractivity contribution in [3.8, 4) is 0 Å². The van der Waals surface area contributed by atoms with Crippen molar-refractivity contribution in [2.45, 2.75) is 38.1 Å². The van der Waals surface area contributed by atoms with Crippen LogP contribution in [0.4, 0.5) is 0 Å². The maximum atomic E-state index is 12.1. The summed E-state index contributed by atoms with van der Waals surface area (Å²) in [5.41, 5.74) is 5.54. The molecule has 1 fully saturated rings. The quantitative estimate of drug-likeness (QED) is 0.760. The third-order valence-electron chi connectivity index (χ3n) is 2.91. The summed E-state index contributed by atoms with van der Waals surface area (Å²) in [5.74, 6) is 0.146. The molecule has 14 heavy (non-hydrogen) atoms. The van der Waals surface area contributed by atoms with Crippen molar-refractivity contribution in [2.24, 2.45) is 5.73 Å². The van der Waals surface area contributed by atoms with Crippen LogP contribution in [0.15, 0.2) is 12.1 Å². The van der Waals surface area contributed by atoms with Crippen LogP contribution in [0.5, 0.6) is 0 Å². The van der Waals surface area contributed by atoms with Crippen LogP contribution >= 0.6 is 11.3 Å². The molecule has 1 aliphatic carbocycles. The highest BCUT2D eigenvalue weighted by molar-refractivity contribution is 7.14. The Labute approximate surface area is 88.1 Å². The number of Topliss-reactive ketones (excluding diaryl/α,β-unsaturated/α-hetero) is 1. The number of ketones is 1. The average Bonchev–Trinajstić information content (AvgIpc) is 2.74. The van der Waals surface area contributed by atoms with Gasteiger partial charge in [0.1, 0.15) is 0 Å². The lowest BCUT2D eigenvalue weighted by Crippen LogP contribution is -2.44. The van der Waals surface area contributed by atoms with Crippen molar-refractivity contribution in [1.82, 2.24) is 0 Å². The first-order valence-corrected chi connectivity index (χ1v) is 5.84. The minimum Gasteiger partial charge on any atom is -0.319 e. The second kappa shape index (κ2) is 3.48. The number of nitrogens with two attached hydrogens (primary N) is 1. The lowest BCUT2D eigenvalue weighted by Gasteiger charge is -2.20. The summed E-state index contributed by atoms with van der Waals surface area (Å²) >= 11 is 1.55. The van der Waals surface area contributed by atoms with Gasteiger partial charge in [0.2, 0.25) is 0 Å². The summed E-state index contributed by atoms with van der Waals surface area (Å²) in [6, 6.07) is 3.88. The molecule has 1 heterocycles. The number of carbonyl (C=O) groups excluding carboxylic acids is 1. The zero-order valence-electron chi connectivity index (χ0n) is 8.38. The molecule has 1 saturated carbocycles. The molecule has 0 spiro atoms. The molecule has 76 valence electrons. The van der Waals surface area contributed by atoms with Crippen molar-refractivity contribution in [3.05, 3.63) is 21.9 Å². The molecule has 0 aliphatic heterocycles. The molecule has 0 aromatic carbocycles. The average molecular weight is 209 g/mol. The van der Waals surface area contributed by atoms with E-state index in [0.29, 0.717) is 0 Å². The third kappa shape index (κ3) is 1.62. The summed E-state index contributed by atoms with van der Waals surface area (Å²) in [5, 5.41) is 0. The first-order valence-electron chi connectivity index (χ1n) is 5.02. The van der Waals surface area contributed by atoms with E-state index >= 15 is 0 Å². The number of hydrogen-bond acceptors (Lipinski definition) is 3. The Bertz CT molecular complexity index is 350. The highest BCUT2D eigenvalue weighted by Gasteiger charge is 2.37. The first-order chi connectivity index (χ1) is 6.62. The van der Waals surface area contributed by atoms with Crippen LogP contribution in [0.3, 0.4) is 0 Å². The van der Waals surface area contributed by atoms with Gasteiger partial charge >= 0.3 is 0 Å². The fraction of sp³-hybridized carbons (Fsp3) is 0.545. The molecule has 2 N–H and O–H groups in total. The Kier molecular flexibility index (Phi) is 2.45. The van der Waals surface area contributed by atoms with Crippen molar-refractivity contribution in [2.75, 3.05) is 0 Å². The maximum Gasteiger partial charge on any atom is 0.192 e. The van der Waals surface area contributed by atoms with E-state index in [0.717, 1.165) is 30.6 Å². The smallest absolute Gasteiger partial charge is 0.192 e. The molecule has 0 saturated heterocycles. The lowest BCUT2D eigenvalue weighted by molar-refractivity contribution is 0.0896. The minimum absolute atomic E-state index is 0.146. The molecule has 0 unspecified atom stereocenters. The molecule has 1 aromatic heterocycles. The van der Waals surface area contributed by atoms with Gasteiger partial charge in [-0.25, -0.2) is 0 Å². The fourth-order valence-corrected chi connectivity index (χ4v) is 2.95. The van der Waals surface area contributed by atoms with E-state index in [1.165, 1.54) is 4.88 Å². The van der Waals surface area contributed by atoms with E-state index in [1.807, 2.05) is 19.1 Å². The van der Waals surface area contributed by atoms with Gasteiger partial charge in [0.15, 0.2) is 5.78 Å². The van der Waals surface area contributed by atoms with E-state index in [-0.39, 0.29) is 5.78 Å². The molecular formula is C11H15NOS. The van der Waals surface area contributed by atoms with Crippen LogP contribution in [0.25, 0.3) is 0 Å². The molecule has 0 bridgehead atoms. The van der Waals surface area contributed by atoms with Gasteiger partial charge in [-0.15, -0.1) is 11.3 Å². The van der Waals surface area contributed by atoms with Gasteiger partial charge < -0.3 is 5.73 Å². The number of aryl methyl sites for hydroxylation is 1. The molecular weight excluding hydrogens is 194 g/mol. The molecule has 1 aliphatic rings. The van der Waals surface area contributed by atoms with E-state index in [4.69, 9.17) is 5.73 Å². The van der Waals surface area contributed by atoms with E-state index in [2.05, 4.69) is 0 Å². The Balaban J connectivity index is 2.23. The van der Waals surface area contributed by atoms with Crippen LogP contribution in [0.1, 0.15) is 40.2 Å². The summed E-state index contributed by atoms with van der Waals surface area (Å²) in [4.78, 5) is 14.1. The molecule has 3 heteroatoms. The SMILES string of the molecule is Cc1ccc(C(=O)C2(N)CCCC2)s1. The minimum atomic E-state index is -0.558.